The molecule has 0 fully saturated rings. The third kappa shape index (κ3) is 4.80. The molecular weight excluding hydrogens is 417 g/mol. The first-order chi connectivity index (χ1) is 16.1. The number of ether oxygens (including phenoxy) is 1. The van der Waals surface area contributed by atoms with Gasteiger partial charge in [-0.15, -0.1) is 10.2 Å². The topological polar surface area (TPSA) is 61.0 Å². The van der Waals surface area contributed by atoms with Crippen LogP contribution in [0, 0.1) is 12.7 Å². The SMILES string of the molecule is Cc1nnc(C(=Cc2ccc(F)cc2)c2ccc(OCc3ccc4ccccc4n3)cc2)o1. The van der Waals surface area contributed by atoms with Crippen molar-refractivity contribution in [1.82, 2.24) is 15.2 Å². The minimum Gasteiger partial charge on any atom is -0.487 e. The lowest BCUT2D eigenvalue weighted by atomic mass is 10.0. The van der Waals surface area contributed by atoms with Crippen molar-refractivity contribution < 1.29 is 13.5 Å². The number of pyridine rings is 1. The normalized spacial score (nSPS) is 11.6. The van der Waals surface area contributed by atoms with Gasteiger partial charge in [-0.1, -0.05) is 48.5 Å². The Morgan fingerprint density at radius 1 is 0.909 bits per heavy atom. The first-order valence-corrected chi connectivity index (χ1v) is 10.5. The molecule has 0 saturated heterocycles. The second-order valence-corrected chi connectivity index (χ2v) is 7.54. The molecule has 0 saturated carbocycles. The van der Waals surface area contributed by atoms with E-state index in [9.17, 15) is 4.39 Å². The van der Waals surface area contributed by atoms with Gasteiger partial charge in [-0.3, -0.25) is 0 Å². The highest BCUT2D eigenvalue weighted by Crippen LogP contribution is 2.27. The van der Waals surface area contributed by atoms with E-state index in [1.54, 1.807) is 19.1 Å². The van der Waals surface area contributed by atoms with Crippen molar-refractivity contribution in [3.63, 3.8) is 0 Å². The van der Waals surface area contributed by atoms with Crippen molar-refractivity contribution in [2.24, 2.45) is 0 Å². The van der Waals surface area contributed by atoms with Crippen LogP contribution in [-0.4, -0.2) is 15.2 Å². The summed E-state index contributed by atoms with van der Waals surface area (Å²) in [5.41, 5.74) is 4.24. The molecule has 0 aliphatic rings. The molecule has 0 aliphatic carbocycles. The highest BCUT2D eigenvalue weighted by Gasteiger charge is 2.13. The Bertz CT molecular complexity index is 1420. The first kappa shape index (κ1) is 20.6. The van der Waals surface area contributed by atoms with Crippen molar-refractivity contribution in [2.75, 3.05) is 0 Å². The number of benzene rings is 3. The Balaban J connectivity index is 1.37. The lowest BCUT2D eigenvalue weighted by molar-refractivity contribution is 0.302. The van der Waals surface area contributed by atoms with Gasteiger partial charge in [0, 0.05) is 17.9 Å². The van der Waals surface area contributed by atoms with Crippen molar-refractivity contribution >= 4 is 22.6 Å². The fraction of sp³-hybridized carbons (Fsp3) is 0.0741. The van der Waals surface area contributed by atoms with Crippen LogP contribution in [0.15, 0.2) is 89.3 Å². The molecule has 2 aromatic heterocycles. The molecule has 33 heavy (non-hydrogen) atoms. The van der Waals surface area contributed by atoms with Gasteiger partial charge in [0.2, 0.25) is 11.8 Å². The zero-order valence-electron chi connectivity index (χ0n) is 17.9. The highest BCUT2D eigenvalue weighted by atomic mass is 19.1. The molecule has 0 N–H and O–H groups in total. The van der Waals surface area contributed by atoms with E-state index in [4.69, 9.17) is 9.15 Å². The molecule has 0 spiro atoms. The number of aromatic nitrogens is 3. The lowest BCUT2D eigenvalue weighted by Gasteiger charge is -2.09. The predicted octanol–water partition coefficient (Wildman–Crippen LogP) is 6.23. The molecule has 0 atom stereocenters. The van der Waals surface area contributed by atoms with Gasteiger partial charge in [0.05, 0.1) is 11.2 Å². The number of fused-ring (bicyclic) bond motifs is 1. The average Bonchev–Trinajstić information content (AvgIpc) is 3.28. The number of nitrogens with zero attached hydrogens (tertiary/aromatic N) is 3. The average molecular weight is 437 g/mol. The Morgan fingerprint density at radius 3 is 2.45 bits per heavy atom. The van der Waals surface area contributed by atoms with Gasteiger partial charge in [-0.05, 0) is 53.6 Å². The predicted molar refractivity (Wildman–Crippen MR) is 125 cm³/mol. The number of aryl methyl sites for hydroxylation is 1. The van der Waals surface area contributed by atoms with Gasteiger partial charge in [-0.25, -0.2) is 9.37 Å². The van der Waals surface area contributed by atoms with Gasteiger partial charge < -0.3 is 9.15 Å². The summed E-state index contributed by atoms with van der Waals surface area (Å²) in [6.07, 6.45) is 1.89. The molecule has 5 rings (SSSR count). The van der Waals surface area contributed by atoms with E-state index in [2.05, 4.69) is 15.2 Å². The van der Waals surface area contributed by atoms with Crippen molar-refractivity contribution in [2.45, 2.75) is 13.5 Å². The summed E-state index contributed by atoms with van der Waals surface area (Å²) in [7, 11) is 0. The maximum absolute atomic E-state index is 13.3. The second-order valence-electron chi connectivity index (χ2n) is 7.54. The Labute approximate surface area is 190 Å². The van der Waals surface area contributed by atoms with E-state index in [0.717, 1.165) is 39.0 Å². The fourth-order valence-electron chi connectivity index (χ4n) is 3.48. The van der Waals surface area contributed by atoms with Gasteiger partial charge in [0.1, 0.15) is 18.2 Å². The maximum Gasteiger partial charge on any atom is 0.248 e. The molecule has 5 aromatic rings. The zero-order chi connectivity index (χ0) is 22.6. The Kier molecular flexibility index (Phi) is 5.64. The number of halogens is 1. The van der Waals surface area contributed by atoms with Crippen molar-refractivity contribution in [3.8, 4) is 5.75 Å². The number of para-hydroxylation sites is 1. The number of hydrogen-bond donors (Lipinski definition) is 0. The quantitative estimate of drug-likeness (QED) is 0.295. The molecule has 5 nitrogen and oxygen atoms in total. The van der Waals surface area contributed by atoms with E-state index in [1.807, 2.05) is 66.7 Å². The van der Waals surface area contributed by atoms with Crippen LogP contribution < -0.4 is 4.74 Å². The minimum absolute atomic E-state index is 0.287. The summed E-state index contributed by atoms with van der Waals surface area (Å²) in [5.74, 6) is 1.30. The Hall–Kier alpha value is -4.32. The van der Waals surface area contributed by atoms with Crippen LogP contribution in [-0.2, 0) is 6.61 Å². The van der Waals surface area contributed by atoms with E-state index < -0.39 is 0 Å². The van der Waals surface area contributed by atoms with Crippen LogP contribution in [0.2, 0.25) is 0 Å². The summed E-state index contributed by atoms with van der Waals surface area (Å²) in [6, 6.07) is 25.9. The van der Waals surface area contributed by atoms with Gasteiger partial charge in [-0.2, -0.15) is 0 Å². The smallest absolute Gasteiger partial charge is 0.248 e. The summed E-state index contributed by atoms with van der Waals surface area (Å²) in [5, 5.41) is 9.20. The zero-order valence-corrected chi connectivity index (χ0v) is 17.9. The van der Waals surface area contributed by atoms with Gasteiger partial charge in [0.15, 0.2) is 0 Å². The standard InChI is InChI=1S/C27H20FN3O2/c1-18-30-31-27(33-18)25(16-19-6-11-22(28)12-7-19)20-9-14-24(15-10-20)32-17-23-13-8-21-4-2-3-5-26(21)29-23/h2-16H,17H2,1H3. The van der Waals surface area contributed by atoms with Crippen LogP contribution in [0.25, 0.3) is 22.6 Å². The molecule has 0 bridgehead atoms. The molecular formula is C27H20FN3O2. The van der Waals surface area contributed by atoms with E-state index >= 15 is 0 Å². The van der Waals surface area contributed by atoms with Gasteiger partial charge >= 0.3 is 0 Å². The molecule has 0 unspecified atom stereocenters. The van der Waals surface area contributed by atoms with E-state index in [1.165, 1.54) is 12.1 Å². The summed E-state index contributed by atoms with van der Waals surface area (Å²) in [6.45, 7) is 2.11. The van der Waals surface area contributed by atoms with Crippen LogP contribution >= 0.6 is 0 Å². The molecule has 162 valence electrons. The number of rotatable bonds is 6. The van der Waals surface area contributed by atoms with Crippen LogP contribution in [0.5, 0.6) is 5.75 Å². The third-order valence-corrected chi connectivity index (χ3v) is 5.15. The summed E-state index contributed by atoms with van der Waals surface area (Å²) in [4.78, 5) is 4.64. The fourth-order valence-corrected chi connectivity index (χ4v) is 3.48. The van der Waals surface area contributed by atoms with Crippen molar-refractivity contribution in [1.29, 1.82) is 0 Å². The minimum atomic E-state index is -0.287. The molecule has 0 amide bonds. The van der Waals surface area contributed by atoms with Crippen molar-refractivity contribution in [3.05, 3.63) is 119 Å². The van der Waals surface area contributed by atoms with Crippen LogP contribution in [0.4, 0.5) is 4.39 Å². The molecule has 0 radical (unpaired) electrons. The first-order valence-electron chi connectivity index (χ1n) is 10.5. The third-order valence-electron chi connectivity index (χ3n) is 5.15. The van der Waals surface area contributed by atoms with Crippen LogP contribution in [0.3, 0.4) is 0 Å². The highest BCUT2D eigenvalue weighted by molar-refractivity contribution is 5.88. The lowest BCUT2D eigenvalue weighted by Crippen LogP contribution is -1.98. The molecule has 0 aliphatic heterocycles. The van der Waals surface area contributed by atoms with Crippen LogP contribution in [0.1, 0.15) is 28.6 Å². The summed E-state index contributed by atoms with van der Waals surface area (Å²) >= 11 is 0. The largest absolute Gasteiger partial charge is 0.487 e. The van der Waals surface area contributed by atoms with Gasteiger partial charge in [0.25, 0.3) is 0 Å². The molecule has 2 heterocycles. The molecule has 3 aromatic carbocycles. The van der Waals surface area contributed by atoms with E-state index in [0.29, 0.717) is 18.4 Å². The number of hydrogen-bond acceptors (Lipinski definition) is 5. The summed E-state index contributed by atoms with van der Waals surface area (Å²) < 4.78 is 24.9. The molecule has 6 heteroatoms. The maximum atomic E-state index is 13.3. The monoisotopic (exact) mass is 437 g/mol. The van der Waals surface area contributed by atoms with E-state index in [-0.39, 0.29) is 5.82 Å². The Morgan fingerprint density at radius 2 is 1.70 bits per heavy atom. The second kappa shape index (κ2) is 9.04.